The molecule has 1 aromatic rings. The maximum atomic E-state index is 11.4. The van der Waals surface area contributed by atoms with Crippen LogP contribution in [0.4, 0.5) is 0 Å². The van der Waals surface area contributed by atoms with Crippen molar-refractivity contribution >= 4 is 21.9 Å². The summed E-state index contributed by atoms with van der Waals surface area (Å²) in [5.41, 5.74) is 1.03. The van der Waals surface area contributed by atoms with Crippen molar-refractivity contribution in [3.8, 4) is 0 Å². The molecule has 0 aliphatic rings. The van der Waals surface area contributed by atoms with Crippen molar-refractivity contribution in [1.82, 2.24) is 0 Å². The van der Waals surface area contributed by atoms with E-state index in [4.69, 9.17) is 9.15 Å². The number of halogens is 1. The molecule has 0 radical (unpaired) electrons. The third-order valence-corrected chi connectivity index (χ3v) is 2.68. The van der Waals surface area contributed by atoms with Crippen LogP contribution >= 0.6 is 15.9 Å². The van der Waals surface area contributed by atoms with Gasteiger partial charge in [-0.1, -0.05) is 22.9 Å². The van der Waals surface area contributed by atoms with E-state index in [-0.39, 0.29) is 5.97 Å². The molecule has 0 aliphatic carbocycles. The number of hydrogen-bond acceptors (Lipinski definition) is 3. The molecular weight excluding hydrogens is 248 g/mol. The van der Waals surface area contributed by atoms with Crippen molar-refractivity contribution in [2.75, 3.05) is 6.61 Å². The fourth-order valence-corrected chi connectivity index (χ4v) is 1.72. The van der Waals surface area contributed by atoms with E-state index in [1.807, 2.05) is 13.0 Å². The average Bonchev–Trinajstić information content (AvgIpc) is 2.64. The van der Waals surface area contributed by atoms with Crippen LogP contribution < -0.4 is 0 Å². The van der Waals surface area contributed by atoms with E-state index in [9.17, 15) is 4.79 Å². The van der Waals surface area contributed by atoms with E-state index < -0.39 is 4.83 Å². The second-order valence-electron chi connectivity index (χ2n) is 2.78. The molecule has 0 spiro atoms. The Labute approximate surface area is 91.6 Å². The van der Waals surface area contributed by atoms with Crippen LogP contribution in [0, 0.1) is 0 Å². The quantitative estimate of drug-likeness (QED) is 0.618. The standard InChI is InChI=1S/C10H13BrO3/c1-3-7-5-6-14-9(7)8(11)10(12)13-4-2/h5-6,8H,3-4H2,1-2H3. The minimum Gasteiger partial charge on any atom is -0.467 e. The Morgan fingerprint density at radius 2 is 2.36 bits per heavy atom. The predicted octanol–water partition coefficient (Wildman–Crippen LogP) is 2.84. The third-order valence-electron chi connectivity index (χ3n) is 1.89. The Bertz CT molecular complexity index is 306. The van der Waals surface area contributed by atoms with Gasteiger partial charge in [-0.15, -0.1) is 0 Å². The van der Waals surface area contributed by atoms with E-state index in [1.54, 1.807) is 13.2 Å². The number of esters is 1. The fraction of sp³-hybridized carbons (Fsp3) is 0.500. The molecule has 0 N–H and O–H groups in total. The summed E-state index contributed by atoms with van der Waals surface area (Å²) >= 11 is 3.25. The monoisotopic (exact) mass is 260 g/mol. The van der Waals surface area contributed by atoms with Crippen LogP contribution in [0.3, 0.4) is 0 Å². The van der Waals surface area contributed by atoms with Crippen LogP contribution in [0.5, 0.6) is 0 Å². The summed E-state index contributed by atoms with van der Waals surface area (Å²) in [4.78, 5) is 10.9. The molecule has 0 bridgehead atoms. The maximum Gasteiger partial charge on any atom is 0.327 e. The highest BCUT2D eigenvalue weighted by molar-refractivity contribution is 9.09. The third kappa shape index (κ3) is 2.38. The number of alkyl halides is 1. The second-order valence-corrected chi connectivity index (χ2v) is 3.69. The van der Waals surface area contributed by atoms with E-state index in [1.165, 1.54) is 0 Å². The topological polar surface area (TPSA) is 39.4 Å². The summed E-state index contributed by atoms with van der Waals surface area (Å²) in [5.74, 6) is 0.336. The first-order valence-electron chi connectivity index (χ1n) is 4.57. The van der Waals surface area contributed by atoms with Crippen LogP contribution in [0.1, 0.15) is 30.0 Å². The number of carbonyl (C=O) groups excluding carboxylic acids is 1. The summed E-state index contributed by atoms with van der Waals surface area (Å²) < 4.78 is 10.1. The van der Waals surface area contributed by atoms with Crippen molar-refractivity contribution in [1.29, 1.82) is 0 Å². The Hall–Kier alpha value is -0.770. The molecule has 0 saturated carbocycles. The molecule has 78 valence electrons. The van der Waals surface area contributed by atoms with E-state index in [2.05, 4.69) is 15.9 Å². The van der Waals surface area contributed by atoms with Gasteiger partial charge in [0.1, 0.15) is 5.76 Å². The van der Waals surface area contributed by atoms with Gasteiger partial charge in [0.05, 0.1) is 12.9 Å². The first-order valence-corrected chi connectivity index (χ1v) is 5.49. The zero-order valence-electron chi connectivity index (χ0n) is 8.25. The first kappa shape index (κ1) is 11.3. The normalized spacial score (nSPS) is 12.5. The minimum atomic E-state index is -0.493. The molecule has 1 atom stereocenters. The Morgan fingerprint density at radius 1 is 1.64 bits per heavy atom. The number of furan rings is 1. The largest absolute Gasteiger partial charge is 0.467 e. The molecule has 0 saturated heterocycles. The van der Waals surface area contributed by atoms with Crippen LogP contribution in [0.15, 0.2) is 16.7 Å². The van der Waals surface area contributed by atoms with Gasteiger partial charge in [-0.3, -0.25) is 4.79 Å². The van der Waals surface area contributed by atoms with Crippen LogP contribution in [-0.4, -0.2) is 12.6 Å². The molecule has 0 aliphatic heterocycles. The van der Waals surface area contributed by atoms with E-state index >= 15 is 0 Å². The maximum absolute atomic E-state index is 11.4. The molecule has 1 heterocycles. The van der Waals surface area contributed by atoms with E-state index in [0.29, 0.717) is 12.4 Å². The zero-order valence-corrected chi connectivity index (χ0v) is 9.83. The fourth-order valence-electron chi connectivity index (χ4n) is 1.18. The molecule has 3 nitrogen and oxygen atoms in total. The predicted molar refractivity (Wildman–Crippen MR) is 56.4 cm³/mol. The van der Waals surface area contributed by atoms with Gasteiger partial charge in [0.15, 0.2) is 4.83 Å². The second kappa shape index (κ2) is 5.20. The lowest BCUT2D eigenvalue weighted by atomic mass is 10.1. The molecule has 14 heavy (non-hydrogen) atoms. The van der Waals surface area contributed by atoms with Crippen LogP contribution in [0.25, 0.3) is 0 Å². The van der Waals surface area contributed by atoms with Gasteiger partial charge in [-0.2, -0.15) is 0 Å². The molecule has 1 unspecified atom stereocenters. The lowest BCUT2D eigenvalue weighted by Crippen LogP contribution is -2.11. The van der Waals surface area contributed by atoms with Crippen LogP contribution in [0.2, 0.25) is 0 Å². The molecular formula is C10H13BrO3. The summed E-state index contributed by atoms with van der Waals surface area (Å²) in [6, 6.07) is 1.86. The first-order chi connectivity index (χ1) is 6.70. The van der Waals surface area contributed by atoms with E-state index in [0.717, 1.165) is 12.0 Å². The smallest absolute Gasteiger partial charge is 0.327 e. The van der Waals surface area contributed by atoms with Gasteiger partial charge in [-0.25, -0.2) is 0 Å². The summed E-state index contributed by atoms with van der Waals surface area (Å²) in [6.45, 7) is 4.17. The highest BCUT2D eigenvalue weighted by Gasteiger charge is 2.23. The van der Waals surface area contributed by atoms with Crippen molar-refractivity contribution in [2.45, 2.75) is 25.1 Å². The number of aryl methyl sites for hydroxylation is 1. The van der Waals surface area contributed by atoms with Gasteiger partial charge in [0, 0.05) is 0 Å². The van der Waals surface area contributed by atoms with Gasteiger partial charge in [0.25, 0.3) is 0 Å². The highest BCUT2D eigenvalue weighted by atomic mass is 79.9. The number of ether oxygens (including phenoxy) is 1. The Kier molecular flexibility index (Phi) is 4.20. The molecule has 1 aromatic heterocycles. The Morgan fingerprint density at radius 3 is 2.93 bits per heavy atom. The van der Waals surface area contributed by atoms with Crippen molar-refractivity contribution in [3.63, 3.8) is 0 Å². The van der Waals surface area contributed by atoms with Gasteiger partial charge < -0.3 is 9.15 Å². The van der Waals surface area contributed by atoms with Crippen LogP contribution in [-0.2, 0) is 16.0 Å². The van der Waals surface area contributed by atoms with Crippen molar-refractivity contribution in [3.05, 3.63) is 23.7 Å². The zero-order chi connectivity index (χ0) is 10.6. The van der Waals surface area contributed by atoms with Gasteiger partial charge in [-0.05, 0) is 25.0 Å². The lowest BCUT2D eigenvalue weighted by molar-refractivity contribution is -0.142. The van der Waals surface area contributed by atoms with Crippen molar-refractivity contribution < 1.29 is 13.9 Å². The Balaban J connectivity index is 2.77. The molecule has 0 amide bonds. The highest BCUT2D eigenvalue weighted by Crippen LogP contribution is 2.28. The van der Waals surface area contributed by atoms with Crippen molar-refractivity contribution in [2.24, 2.45) is 0 Å². The van der Waals surface area contributed by atoms with Gasteiger partial charge in [0.2, 0.25) is 0 Å². The van der Waals surface area contributed by atoms with Gasteiger partial charge >= 0.3 is 5.97 Å². The molecule has 1 rings (SSSR count). The lowest BCUT2D eigenvalue weighted by Gasteiger charge is -2.07. The SMILES string of the molecule is CCOC(=O)C(Br)c1occc1CC. The number of carbonyl (C=O) groups is 1. The summed E-state index contributed by atoms with van der Waals surface area (Å²) in [7, 11) is 0. The minimum absolute atomic E-state index is 0.308. The summed E-state index contributed by atoms with van der Waals surface area (Å²) in [6.07, 6.45) is 2.43. The molecule has 4 heteroatoms. The number of rotatable bonds is 4. The molecule has 0 fully saturated rings. The summed E-state index contributed by atoms with van der Waals surface area (Å²) in [5, 5.41) is 0. The molecule has 0 aromatic carbocycles. The number of hydrogen-bond donors (Lipinski definition) is 0. The average molecular weight is 261 g/mol.